The van der Waals surface area contributed by atoms with Crippen LogP contribution in [-0.2, 0) is 6.42 Å². The van der Waals surface area contributed by atoms with Gasteiger partial charge >= 0.3 is 0 Å². The monoisotopic (exact) mass is 298 g/mol. The van der Waals surface area contributed by atoms with Crippen molar-refractivity contribution in [2.75, 3.05) is 13.1 Å². The van der Waals surface area contributed by atoms with Crippen LogP contribution in [-0.4, -0.2) is 38.6 Å². The predicted molar refractivity (Wildman–Crippen MR) is 89.4 cm³/mol. The zero-order valence-electron chi connectivity index (χ0n) is 13.9. The lowest BCUT2D eigenvalue weighted by atomic mass is 9.93. The Hall–Kier alpha value is -1.68. The quantitative estimate of drug-likeness (QED) is 0.867. The van der Waals surface area contributed by atoms with Gasteiger partial charge in [0.25, 0.3) is 0 Å². The van der Waals surface area contributed by atoms with Gasteiger partial charge in [-0.1, -0.05) is 13.0 Å². The van der Waals surface area contributed by atoms with Crippen molar-refractivity contribution in [3.63, 3.8) is 0 Å². The molecule has 0 spiro atoms. The molecule has 0 N–H and O–H groups in total. The fraction of sp³-hybridized carbons (Fsp3) is 0.556. The Morgan fingerprint density at radius 1 is 1.32 bits per heavy atom. The molecule has 1 aliphatic heterocycles. The van der Waals surface area contributed by atoms with E-state index in [1.807, 2.05) is 12.4 Å². The van der Waals surface area contributed by atoms with Gasteiger partial charge in [0, 0.05) is 43.0 Å². The van der Waals surface area contributed by atoms with E-state index in [9.17, 15) is 0 Å². The molecular weight excluding hydrogens is 272 g/mol. The Bertz CT molecular complexity index is 617. The summed E-state index contributed by atoms with van der Waals surface area (Å²) in [5.74, 6) is 2.61. The van der Waals surface area contributed by atoms with Crippen LogP contribution in [0.15, 0.2) is 30.6 Å². The molecule has 1 fully saturated rings. The van der Waals surface area contributed by atoms with E-state index in [2.05, 4.69) is 53.4 Å². The third kappa shape index (κ3) is 3.07. The van der Waals surface area contributed by atoms with Crippen molar-refractivity contribution in [3.05, 3.63) is 42.1 Å². The van der Waals surface area contributed by atoms with Gasteiger partial charge in [-0.15, -0.1) is 0 Å². The number of aryl methyl sites for hydroxylation is 1. The van der Waals surface area contributed by atoms with E-state index in [4.69, 9.17) is 4.98 Å². The van der Waals surface area contributed by atoms with Crippen molar-refractivity contribution in [2.24, 2.45) is 0 Å². The minimum Gasteiger partial charge on any atom is -0.300 e. The first-order chi connectivity index (χ1) is 10.7. The average molecular weight is 298 g/mol. The normalized spacial score (nSPS) is 19.7. The number of hydrogen-bond donors (Lipinski definition) is 0. The molecule has 0 bridgehead atoms. The molecule has 0 amide bonds. The lowest BCUT2D eigenvalue weighted by Crippen LogP contribution is -2.39. The van der Waals surface area contributed by atoms with E-state index in [1.165, 1.54) is 25.1 Å². The van der Waals surface area contributed by atoms with Crippen molar-refractivity contribution in [2.45, 2.75) is 52.0 Å². The number of likely N-dealkylation sites (tertiary alicyclic amines) is 1. The van der Waals surface area contributed by atoms with Crippen LogP contribution in [0.2, 0.25) is 0 Å². The Labute approximate surface area is 133 Å². The minimum atomic E-state index is 0.546. The molecule has 1 atom stereocenters. The van der Waals surface area contributed by atoms with E-state index in [0.29, 0.717) is 12.0 Å². The maximum Gasteiger partial charge on any atom is 0.138 e. The second kappa shape index (κ2) is 6.61. The van der Waals surface area contributed by atoms with Gasteiger partial charge in [-0.25, -0.2) is 9.97 Å². The second-order valence-electron chi connectivity index (χ2n) is 6.42. The van der Waals surface area contributed by atoms with E-state index >= 15 is 0 Å². The molecule has 1 saturated heterocycles. The lowest BCUT2D eigenvalue weighted by Gasteiger charge is -2.35. The third-order valence-corrected chi connectivity index (χ3v) is 4.64. The molecule has 0 radical (unpaired) electrons. The predicted octanol–water partition coefficient (Wildman–Crippen LogP) is 3.42. The standard InChI is InChI=1S/C18H26N4/c1-4-17-19-10-12-22(17)18-9-5-8-16(20-18)15-7-6-11-21(13-15)14(2)3/h5,8-10,12,14-15H,4,6-7,11,13H2,1-3H3. The summed E-state index contributed by atoms with van der Waals surface area (Å²) in [5, 5.41) is 0. The van der Waals surface area contributed by atoms with Crippen LogP contribution < -0.4 is 0 Å². The maximum absolute atomic E-state index is 4.94. The van der Waals surface area contributed by atoms with Gasteiger partial charge in [-0.3, -0.25) is 4.57 Å². The molecule has 0 aliphatic carbocycles. The smallest absolute Gasteiger partial charge is 0.138 e. The van der Waals surface area contributed by atoms with Crippen LogP contribution in [0.5, 0.6) is 0 Å². The summed E-state index contributed by atoms with van der Waals surface area (Å²) in [5.41, 5.74) is 1.22. The van der Waals surface area contributed by atoms with Crippen molar-refractivity contribution in [3.8, 4) is 5.82 Å². The first-order valence-corrected chi connectivity index (χ1v) is 8.42. The Morgan fingerprint density at radius 2 is 2.18 bits per heavy atom. The first kappa shape index (κ1) is 15.2. The molecule has 4 nitrogen and oxygen atoms in total. The van der Waals surface area contributed by atoms with Crippen LogP contribution in [0.25, 0.3) is 5.82 Å². The number of piperidine rings is 1. The Morgan fingerprint density at radius 3 is 2.95 bits per heavy atom. The maximum atomic E-state index is 4.94. The van der Waals surface area contributed by atoms with E-state index in [-0.39, 0.29) is 0 Å². The Kier molecular flexibility index (Phi) is 4.57. The van der Waals surface area contributed by atoms with Crippen LogP contribution in [0, 0.1) is 0 Å². The van der Waals surface area contributed by atoms with Gasteiger partial charge in [0.15, 0.2) is 0 Å². The first-order valence-electron chi connectivity index (χ1n) is 8.42. The molecule has 2 aromatic rings. The van der Waals surface area contributed by atoms with Crippen molar-refractivity contribution < 1.29 is 0 Å². The number of rotatable bonds is 4. The van der Waals surface area contributed by atoms with Gasteiger partial charge < -0.3 is 4.90 Å². The van der Waals surface area contributed by atoms with Gasteiger partial charge in [0.1, 0.15) is 11.6 Å². The number of aromatic nitrogens is 3. The highest BCUT2D eigenvalue weighted by atomic mass is 15.2. The lowest BCUT2D eigenvalue weighted by molar-refractivity contribution is 0.166. The molecule has 3 rings (SSSR count). The molecule has 1 unspecified atom stereocenters. The van der Waals surface area contributed by atoms with E-state index in [0.717, 1.165) is 24.6 Å². The molecule has 118 valence electrons. The minimum absolute atomic E-state index is 0.546. The molecule has 4 heteroatoms. The zero-order chi connectivity index (χ0) is 15.5. The summed E-state index contributed by atoms with van der Waals surface area (Å²) in [6.07, 6.45) is 7.29. The number of pyridine rings is 1. The molecule has 0 saturated carbocycles. The average Bonchev–Trinajstić information content (AvgIpc) is 3.04. The molecular formula is C18H26N4. The SMILES string of the molecule is CCc1nccn1-c1cccc(C2CCCN(C(C)C)C2)n1. The highest BCUT2D eigenvalue weighted by molar-refractivity contribution is 5.28. The largest absolute Gasteiger partial charge is 0.300 e. The molecule has 3 heterocycles. The van der Waals surface area contributed by atoms with Crippen LogP contribution in [0.1, 0.15) is 51.0 Å². The Balaban J connectivity index is 1.85. The van der Waals surface area contributed by atoms with Gasteiger partial charge in [0.2, 0.25) is 0 Å². The van der Waals surface area contributed by atoms with Crippen molar-refractivity contribution >= 4 is 0 Å². The number of hydrogen-bond acceptors (Lipinski definition) is 3. The van der Waals surface area contributed by atoms with E-state index in [1.54, 1.807) is 0 Å². The number of imidazole rings is 1. The highest BCUT2D eigenvalue weighted by Gasteiger charge is 2.24. The van der Waals surface area contributed by atoms with Crippen LogP contribution >= 0.6 is 0 Å². The summed E-state index contributed by atoms with van der Waals surface area (Å²) in [4.78, 5) is 11.9. The van der Waals surface area contributed by atoms with Crippen molar-refractivity contribution in [1.29, 1.82) is 0 Å². The third-order valence-electron chi connectivity index (χ3n) is 4.64. The van der Waals surface area contributed by atoms with Crippen molar-refractivity contribution in [1.82, 2.24) is 19.4 Å². The fourth-order valence-electron chi connectivity index (χ4n) is 3.32. The second-order valence-corrected chi connectivity index (χ2v) is 6.42. The van der Waals surface area contributed by atoms with Crippen LogP contribution in [0.3, 0.4) is 0 Å². The number of nitrogens with zero attached hydrogens (tertiary/aromatic N) is 4. The summed E-state index contributed by atoms with van der Waals surface area (Å²) >= 11 is 0. The van der Waals surface area contributed by atoms with E-state index < -0.39 is 0 Å². The topological polar surface area (TPSA) is 34.0 Å². The zero-order valence-corrected chi connectivity index (χ0v) is 13.9. The van der Waals surface area contributed by atoms with Gasteiger partial charge in [-0.2, -0.15) is 0 Å². The molecule has 0 aromatic carbocycles. The van der Waals surface area contributed by atoms with Crippen LogP contribution in [0.4, 0.5) is 0 Å². The summed E-state index contributed by atoms with van der Waals surface area (Å²) in [7, 11) is 0. The fourth-order valence-corrected chi connectivity index (χ4v) is 3.32. The van der Waals surface area contributed by atoms with Gasteiger partial charge in [0.05, 0.1) is 0 Å². The summed E-state index contributed by atoms with van der Waals surface area (Å²) < 4.78 is 2.10. The van der Waals surface area contributed by atoms with Gasteiger partial charge in [-0.05, 0) is 45.4 Å². The highest BCUT2D eigenvalue weighted by Crippen LogP contribution is 2.27. The molecule has 2 aromatic heterocycles. The summed E-state index contributed by atoms with van der Waals surface area (Å²) in [6.45, 7) is 9.04. The summed E-state index contributed by atoms with van der Waals surface area (Å²) in [6, 6.07) is 7.01. The molecule has 22 heavy (non-hydrogen) atoms. The molecule has 1 aliphatic rings.